The highest BCUT2D eigenvalue weighted by atomic mass is 16.7. The molecule has 0 aromatic heterocycles. The summed E-state index contributed by atoms with van der Waals surface area (Å²) in [6.07, 6.45) is 1.59. The van der Waals surface area contributed by atoms with Crippen molar-refractivity contribution in [3.63, 3.8) is 0 Å². The van der Waals surface area contributed by atoms with E-state index in [2.05, 4.69) is 23.2 Å². The molecule has 6 nitrogen and oxygen atoms in total. The molecule has 0 saturated carbocycles. The van der Waals surface area contributed by atoms with E-state index < -0.39 is 0 Å². The number of hydrogen-bond donors (Lipinski definition) is 1. The fourth-order valence-electron chi connectivity index (χ4n) is 3.37. The molecule has 126 valence electrons. The van der Waals surface area contributed by atoms with Crippen LogP contribution in [0.1, 0.15) is 37.4 Å². The van der Waals surface area contributed by atoms with Gasteiger partial charge in [-0.15, -0.1) is 0 Å². The molecule has 0 saturated heterocycles. The van der Waals surface area contributed by atoms with Crippen LogP contribution in [-0.4, -0.2) is 43.3 Å². The summed E-state index contributed by atoms with van der Waals surface area (Å²) >= 11 is 0. The van der Waals surface area contributed by atoms with Gasteiger partial charge in [0.1, 0.15) is 0 Å². The van der Waals surface area contributed by atoms with E-state index in [-0.39, 0.29) is 18.8 Å². The zero-order valence-corrected chi connectivity index (χ0v) is 14.1. The molecule has 0 aliphatic carbocycles. The van der Waals surface area contributed by atoms with E-state index in [0.717, 1.165) is 35.7 Å². The average molecular weight is 320 g/mol. The van der Waals surface area contributed by atoms with Crippen LogP contribution in [-0.2, 0) is 6.42 Å². The molecule has 2 aliphatic rings. The Morgan fingerprint density at radius 1 is 1.48 bits per heavy atom. The van der Waals surface area contributed by atoms with Gasteiger partial charge in [-0.05, 0) is 31.0 Å². The summed E-state index contributed by atoms with van der Waals surface area (Å²) < 4.78 is 16.8. The van der Waals surface area contributed by atoms with Gasteiger partial charge in [0.15, 0.2) is 11.5 Å². The van der Waals surface area contributed by atoms with Crippen molar-refractivity contribution < 1.29 is 19.4 Å². The van der Waals surface area contributed by atoms with Crippen LogP contribution in [0, 0.1) is 5.92 Å². The molecule has 1 atom stereocenters. The maximum atomic E-state index is 9.34. The van der Waals surface area contributed by atoms with Crippen LogP contribution in [0.4, 0.5) is 0 Å². The molecule has 0 amide bonds. The van der Waals surface area contributed by atoms with Crippen molar-refractivity contribution in [2.75, 3.05) is 27.5 Å². The summed E-state index contributed by atoms with van der Waals surface area (Å²) in [4.78, 5) is 2.28. The molecular weight excluding hydrogens is 296 g/mol. The number of ether oxygens (including phenoxy) is 3. The maximum absolute atomic E-state index is 9.34. The lowest BCUT2D eigenvalue weighted by Crippen LogP contribution is -2.34. The summed E-state index contributed by atoms with van der Waals surface area (Å²) in [5.41, 5.74) is 3.12. The lowest BCUT2D eigenvalue weighted by atomic mass is 9.86. The molecule has 1 aromatic carbocycles. The Morgan fingerprint density at radius 2 is 2.26 bits per heavy atom. The third-order valence-electron chi connectivity index (χ3n) is 4.74. The molecule has 1 aromatic rings. The first kappa shape index (κ1) is 15.9. The van der Waals surface area contributed by atoms with Gasteiger partial charge in [0.25, 0.3) is 0 Å². The molecule has 1 unspecified atom stereocenters. The Hall–Kier alpha value is -1.95. The first-order valence-electron chi connectivity index (χ1n) is 7.97. The second-order valence-corrected chi connectivity index (χ2v) is 6.41. The molecule has 6 heteroatoms. The molecule has 0 radical (unpaired) electrons. The van der Waals surface area contributed by atoms with E-state index in [1.807, 2.05) is 13.8 Å². The normalized spacial score (nSPS) is 20.7. The third kappa shape index (κ3) is 2.72. The summed E-state index contributed by atoms with van der Waals surface area (Å²) in [6, 6.07) is 2.15. The Morgan fingerprint density at radius 3 is 2.91 bits per heavy atom. The summed E-state index contributed by atoms with van der Waals surface area (Å²) in [6.45, 7) is 5.24. The van der Waals surface area contributed by atoms with Crippen LogP contribution in [0.3, 0.4) is 0 Å². The van der Waals surface area contributed by atoms with Crippen LogP contribution in [0.15, 0.2) is 11.2 Å². The van der Waals surface area contributed by atoms with Crippen LogP contribution >= 0.6 is 0 Å². The van der Waals surface area contributed by atoms with Crippen LogP contribution < -0.4 is 14.2 Å². The predicted octanol–water partition coefficient (Wildman–Crippen LogP) is 2.83. The summed E-state index contributed by atoms with van der Waals surface area (Å²) in [7, 11) is 3.75. The van der Waals surface area contributed by atoms with Gasteiger partial charge in [0.05, 0.1) is 12.8 Å². The standard InChI is InChI=1S/C17H24N2O4/c1-10(2)12(18-20)8-13-15-11(5-6-19(13)3)7-14-16(17(15)21-4)23-9-22-14/h7,10,13,20H,5-6,8-9H2,1-4H3/b18-12-. The lowest BCUT2D eigenvalue weighted by molar-refractivity contribution is 0.170. The van der Waals surface area contributed by atoms with Gasteiger partial charge in [-0.3, -0.25) is 4.90 Å². The number of oxime groups is 1. The molecule has 0 fully saturated rings. The molecule has 2 aliphatic heterocycles. The predicted molar refractivity (Wildman–Crippen MR) is 86.9 cm³/mol. The maximum Gasteiger partial charge on any atom is 0.231 e. The van der Waals surface area contributed by atoms with Crippen LogP contribution in [0.5, 0.6) is 17.2 Å². The summed E-state index contributed by atoms with van der Waals surface area (Å²) in [5.74, 6) is 2.37. The highest BCUT2D eigenvalue weighted by molar-refractivity contribution is 5.86. The SMILES string of the molecule is COc1c2c(cc3c1C(C/C(=N/O)C(C)C)N(C)CC3)OCO2. The van der Waals surface area contributed by atoms with Gasteiger partial charge in [-0.1, -0.05) is 19.0 Å². The second-order valence-electron chi connectivity index (χ2n) is 6.41. The van der Waals surface area contributed by atoms with Crippen molar-refractivity contribution >= 4 is 5.71 Å². The highest BCUT2D eigenvalue weighted by Crippen LogP contribution is 2.50. The van der Waals surface area contributed by atoms with E-state index in [1.54, 1.807) is 7.11 Å². The molecule has 3 rings (SSSR count). The monoisotopic (exact) mass is 320 g/mol. The van der Waals surface area contributed by atoms with Gasteiger partial charge < -0.3 is 19.4 Å². The Balaban J connectivity index is 2.07. The summed E-state index contributed by atoms with van der Waals surface area (Å²) in [5, 5.41) is 12.8. The first-order valence-corrected chi connectivity index (χ1v) is 7.97. The van der Waals surface area contributed by atoms with E-state index in [9.17, 15) is 5.21 Å². The Kier molecular flexibility index (Phi) is 4.35. The largest absolute Gasteiger partial charge is 0.492 e. The average Bonchev–Trinajstić information content (AvgIpc) is 2.99. The minimum absolute atomic E-state index is 0.0940. The number of hydrogen-bond acceptors (Lipinski definition) is 6. The van der Waals surface area contributed by atoms with E-state index in [0.29, 0.717) is 12.2 Å². The number of likely N-dealkylation sites (N-methyl/N-ethyl adjacent to an activating group) is 1. The molecule has 2 heterocycles. The fourth-order valence-corrected chi connectivity index (χ4v) is 3.37. The van der Waals surface area contributed by atoms with Crippen molar-refractivity contribution in [3.05, 3.63) is 17.2 Å². The number of nitrogens with zero attached hydrogens (tertiary/aromatic N) is 2. The quantitative estimate of drug-likeness (QED) is 0.525. The zero-order valence-electron chi connectivity index (χ0n) is 14.1. The number of benzene rings is 1. The van der Waals surface area contributed by atoms with Crippen molar-refractivity contribution in [2.24, 2.45) is 11.1 Å². The van der Waals surface area contributed by atoms with Crippen LogP contribution in [0.25, 0.3) is 0 Å². The van der Waals surface area contributed by atoms with Crippen LogP contribution in [0.2, 0.25) is 0 Å². The van der Waals surface area contributed by atoms with Crippen molar-refractivity contribution in [1.82, 2.24) is 4.90 Å². The Labute approximate surface area is 136 Å². The van der Waals surface area contributed by atoms with Crippen molar-refractivity contribution in [2.45, 2.75) is 32.7 Å². The van der Waals surface area contributed by atoms with E-state index in [1.165, 1.54) is 5.56 Å². The van der Waals surface area contributed by atoms with Gasteiger partial charge in [0.2, 0.25) is 12.5 Å². The fraction of sp³-hybridized carbons (Fsp3) is 0.588. The van der Waals surface area contributed by atoms with E-state index in [4.69, 9.17) is 14.2 Å². The zero-order chi connectivity index (χ0) is 16.6. The van der Waals surface area contributed by atoms with Gasteiger partial charge in [-0.2, -0.15) is 0 Å². The lowest BCUT2D eigenvalue weighted by Gasteiger charge is -2.36. The number of rotatable bonds is 4. The number of fused-ring (bicyclic) bond motifs is 2. The molecular formula is C17H24N2O4. The minimum atomic E-state index is 0.0940. The smallest absolute Gasteiger partial charge is 0.231 e. The van der Waals surface area contributed by atoms with Crippen molar-refractivity contribution in [1.29, 1.82) is 0 Å². The topological polar surface area (TPSA) is 63.5 Å². The van der Waals surface area contributed by atoms with Crippen molar-refractivity contribution in [3.8, 4) is 17.2 Å². The van der Waals surface area contributed by atoms with Gasteiger partial charge >= 0.3 is 0 Å². The Bertz CT molecular complexity index is 628. The van der Waals surface area contributed by atoms with Gasteiger partial charge in [-0.25, -0.2) is 0 Å². The molecule has 0 bridgehead atoms. The second kappa shape index (κ2) is 6.28. The first-order chi connectivity index (χ1) is 11.1. The highest BCUT2D eigenvalue weighted by Gasteiger charge is 2.34. The molecule has 23 heavy (non-hydrogen) atoms. The van der Waals surface area contributed by atoms with E-state index >= 15 is 0 Å². The molecule has 1 N–H and O–H groups in total. The number of methoxy groups -OCH3 is 1. The third-order valence-corrected chi connectivity index (χ3v) is 4.74. The molecule has 0 spiro atoms. The minimum Gasteiger partial charge on any atom is -0.492 e. The van der Waals surface area contributed by atoms with Gasteiger partial charge in [0, 0.05) is 24.6 Å².